The molecule has 119 heavy (non-hydrogen) atoms. The first-order chi connectivity index (χ1) is 56.8. The average molecular weight is 1700 g/mol. The summed E-state index contributed by atoms with van der Waals surface area (Å²) in [5.74, 6) is -6.79. The molecule has 1 atom stereocenters. The van der Waals surface area contributed by atoms with Gasteiger partial charge in [0.2, 0.25) is 23.6 Å². The van der Waals surface area contributed by atoms with Gasteiger partial charge in [-0.3, -0.25) is 67.1 Å². The normalized spacial score (nSPS) is 12.2. The predicted molar refractivity (Wildman–Crippen MR) is 406 cm³/mol. The summed E-state index contributed by atoms with van der Waals surface area (Å²) in [6.07, 6.45) is -5.68. The molecule has 0 saturated heterocycles. The molecular weight excluding hydrogens is 1580 g/mol. The van der Waals surface area contributed by atoms with E-state index in [0.29, 0.717) is 11.3 Å². The molecule has 11 N–H and O–H groups in total. The van der Waals surface area contributed by atoms with Gasteiger partial charge in [0.05, 0.1) is 222 Å². The zero-order chi connectivity index (χ0) is 88.2. The lowest BCUT2D eigenvalue weighted by molar-refractivity contribution is -0.192. The molecule has 1 aliphatic heterocycles. The molecule has 0 saturated carbocycles. The van der Waals surface area contributed by atoms with E-state index in [1.54, 1.807) is 24.0 Å². The van der Waals surface area contributed by atoms with Gasteiger partial charge >= 0.3 is 53.9 Å². The number of amides is 4. The highest BCUT2D eigenvalue weighted by Crippen LogP contribution is 2.29. The molecule has 1 unspecified atom stereocenters. The molecular formula is C78H110N4O37. The van der Waals surface area contributed by atoms with E-state index in [1.807, 2.05) is 36.4 Å². The summed E-state index contributed by atoms with van der Waals surface area (Å²) in [6, 6.07) is 14.6. The van der Waals surface area contributed by atoms with Crippen molar-refractivity contribution in [3.63, 3.8) is 0 Å². The van der Waals surface area contributed by atoms with Gasteiger partial charge in [-0.25, -0.2) is 0 Å². The van der Waals surface area contributed by atoms with E-state index in [9.17, 15) is 108 Å². The van der Waals surface area contributed by atoms with E-state index in [1.165, 1.54) is 0 Å². The molecule has 0 aromatic heterocycles. The topological polar surface area (TPSA) is 594 Å². The van der Waals surface area contributed by atoms with Crippen molar-refractivity contribution in [2.45, 2.75) is 139 Å². The first-order valence-corrected chi connectivity index (χ1v) is 38.0. The van der Waals surface area contributed by atoms with Gasteiger partial charge in [-0.15, -0.1) is 0 Å². The van der Waals surface area contributed by atoms with E-state index in [4.69, 9.17) is 71.2 Å². The number of rotatable bonds is 73. The number of hydrogen-bond donors (Lipinski definition) is 11. The van der Waals surface area contributed by atoms with Crippen LogP contribution in [0.4, 0.5) is 5.69 Å². The van der Waals surface area contributed by atoms with E-state index in [-0.39, 0.29) is 149 Å². The number of para-hydroxylation sites is 1. The second kappa shape index (κ2) is 61.2. The highest BCUT2D eigenvalue weighted by Gasteiger charge is 2.39. The number of fused-ring (bicyclic) bond motifs is 2. The lowest BCUT2D eigenvalue weighted by Gasteiger charge is -2.35. The van der Waals surface area contributed by atoms with E-state index >= 15 is 0 Å². The molecule has 3 rings (SSSR count). The van der Waals surface area contributed by atoms with Gasteiger partial charge in [0.25, 0.3) is 0 Å². The minimum Gasteiger partial charge on any atom is -0.481 e. The van der Waals surface area contributed by atoms with Crippen LogP contribution in [-0.2, 0) is 145 Å². The molecule has 0 radical (unpaired) electrons. The Hall–Kier alpha value is -10.2. The Morgan fingerprint density at radius 1 is 0.345 bits per heavy atom. The number of carboxylic acids is 8. The van der Waals surface area contributed by atoms with Gasteiger partial charge in [0.15, 0.2) is 0 Å². The van der Waals surface area contributed by atoms with Crippen LogP contribution in [-0.4, -0.2) is 318 Å². The number of ether oxygens (including phenoxy) is 13. The van der Waals surface area contributed by atoms with Crippen LogP contribution in [0.25, 0.3) is 0 Å². The van der Waals surface area contributed by atoms with E-state index in [2.05, 4.69) is 27.8 Å². The van der Waals surface area contributed by atoms with Crippen molar-refractivity contribution in [2.24, 2.45) is 5.41 Å². The van der Waals surface area contributed by atoms with Crippen LogP contribution in [0.2, 0.25) is 0 Å². The number of nitrogens with zero attached hydrogens (tertiary/aromatic N) is 1. The zero-order valence-electron chi connectivity index (χ0n) is 66.6. The number of Topliss-reactive ketones (excluding diaryl/α,β-unsaturated/α-hetero) is 2. The summed E-state index contributed by atoms with van der Waals surface area (Å²) >= 11 is 0. The third-order valence-electron chi connectivity index (χ3n) is 16.8. The Balaban J connectivity index is 0.0000157. The van der Waals surface area contributed by atoms with Crippen LogP contribution in [0.3, 0.4) is 0 Å². The maximum atomic E-state index is 14.4. The van der Waals surface area contributed by atoms with E-state index < -0.39 is 250 Å². The molecule has 41 nitrogen and oxygen atoms in total. The SMILES string of the molecule is CCOCC(COCCC(=O)O)(COCCC(=O)O)NC(=O)CCOCC(COCCC(=O)CC(COCCC(=O)O)(COCCC(=O)O)COCCC(=O)O)(COCCC(=O)NC(COCCC(=O)O)(COCCC(=O)O)COCCC(=O)O)NC(=O)CCOCCCC(=O)CCC(=O)N1Cc2ccccc2C#Cc2ccccc21.O=C=O. The number of nitrogens with one attached hydrogen (secondary N) is 3. The summed E-state index contributed by atoms with van der Waals surface area (Å²) in [4.78, 5) is 193. The minimum absolute atomic E-state index is 0.0120. The maximum absolute atomic E-state index is 14.4. The molecule has 0 fully saturated rings. The molecule has 1 heterocycles. The molecule has 2 aromatic carbocycles. The summed E-state index contributed by atoms with van der Waals surface area (Å²) in [5, 5.41) is 82.8. The smallest absolute Gasteiger partial charge is 0.373 e. The molecule has 0 bridgehead atoms. The van der Waals surface area contributed by atoms with Crippen LogP contribution in [0.5, 0.6) is 0 Å². The highest BCUT2D eigenvalue weighted by molar-refractivity contribution is 5.97. The molecule has 0 aliphatic carbocycles. The van der Waals surface area contributed by atoms with Crippen molar-refractivity contribution in [1.82, 2.24) is 16.0 Å². The molecule has 1 aliphatic rings. The zero-order valence-corrected chi connectivity index (χ0v) is 66.6. The van der Waals surface area contributed by atoms with Crippen LogP contribution in [0.1, 0.15) is 133 Å². The summed E-state index contributed by atoms with van der Waals surface area (Å²) < 4.78 is 75.1. The van der Waals surface area contributed by atoms with Crippen molar-refractivity contribution >= 4 is 94.8 Å². The largest absolute Gasteiger partial charge is 0.481 e. The fraction of sp³-hybridized carbons (Fsp3) is 0.628. The molecule has 0 spiro atoms. The van der Waals surface area contributed by atoms with Gasteiger partial charge in [-0.05, 0) is 37.1 Å². The number of anilines is 1. The van der Waals surface area contributed by atoms with Crippen molar-refractivity contribution < 1.29 is 179 Å². The summed E-state index contributed by atoms with van der Waals surface area (Å²) in [7, 11) is 0. The van der Waals surface area contributed by atoms with Gasteiger partial charge < -0.3 is 123 Å². The number of hydrogen-bond acceptors (Lipinski definition) is 29. The maximum Gasteiger partial charge on any atom is 0.373 e. The monoisotopic (exact) mass is 1690 g/mol. The number of aliphatic carboxylic acids is 8. The number of carboxylic acid groups (broad SMARTS) is 8. The Morgan fingerprint density at radius 3 is 0.992 bits per heavy atom. The molecule has 664 valence electrons. The average Bonchev–Trinajstić information content (AvgIpc) is 0.803. The number of carbonyl (C=O) groups is 14. The highest BCUT2D eigenvalue weighted by atomic mass is 16.5. The second-order valence-corrected chi connectivity index (χ2v) is 27.3. The van der Waals surface area contributed by atoms with Crippen molar-refractivity contribution in [2.75, 3.05) is 177 Å². The van der Waals surface area contributed by atoms with Crippen molar-refractivity contribution in [3.8, 4) is 11.8 Å². The fourth-order valence-corrected chi connectivity index (χ4v) is 11.0. The summed E-state index contributed by atoms with van der Waals surface area (Å²) in [5.41, 5.74) is -3.73. The quantitative estimate of drug-likeness (QED) is 0.0331. The second-order valence-electron chi connectivity index (χ2n) is 27.3. The third kappa shape index (κ3) is 49.7. The number of ketones is 2. The van der Waals surface area contributed by atoms with Gasteiger partial charge in [0.1, 0.15) is 28.2 Å². The van der Waals surface area contributed by atoms with Crippen LogP contribution in [0.15, 0.2) is 48.5 Å². The minimum atomic E-state index is -1.87. The van der Waals surface area contributed by atoms with Gasteiger partial charge in [0, 0.05) is 81.1 Å². The van der Waals surface area contributed by atoms with Crippen LogP contribution in [0, 0.1) is 17.3 Å². The number of benzene rings is 2. The van der Waals surface area contributed by atoms with Crippen LogP contribution < -0.4 is 20.9 Å². The van der Waals surface area contributed by atoms with Crippen molar-refractivity contribution in [3.05, 3.63) is 65.2 Å². The predicted octanol–water partition coefficient (Wildman–Crippen LogP) is 1.58. The van der Waals surface area contributed by atoms with Gasteiger partial charge in [-0.1, -0.05) is 42.2 Å². The lowest BCUT2D eigenvalue weighted by Crippen LogP contribution is -2.60. The number of carbonyl (C=O) groups excluding carboxylic acids is 8. The Bertz CT molecular complexity index is 3380. The standard InChI is InChI=1S/C77H110N4O35.CO2/c1-2-104-47-75(48-112-37-24-69(94)95,49-113-38-25-70(96)97)78-63(85)19-32-110-51-76(50-109-30-17-60(83)42-74(44-106-34-21-66(88)89,45-107-35-22-67(90)91)46-108-36-23-68(92)93,52-111-33-20-64(86)80-77(53-114-39-26-71(98)99,54-115-40-27-72(100)101)55-116-41-28-73(102)103)79-62(84)18-31-105-29-7-11-59(82)15-16-65(87)81-43-58-10-4-3-8-56(58)13-14-57-9-5-6-12-61(57)81;2-1-3/h3-6,8-10,12H,2,7,11,15-55H2,1H3,(H,78,85)(H,79,84)(H,80,86)(H,88,89)(H,90,91)(H,92,93)(H,94,95)(H,96,97)(H,98,99)(H,100,101)(H,102,103);. The molecule has 2 aromatic rings. The lowest BCUT2D eigenvalue weighted by atomic mass is 9.84. The van der Waals surface area contributed by atoms with Crippen LogP contribution >= 0.6 is 0 Å². The molecule has 4 amide bonds. The Kier molecular flexibility index (Phi) is 53.9. The first-order valence-electron chi connectivity index (χ1n) is 38.0. The Morgan fingerprint density at radius 2 is 0.639 bits per heavy atom. The van der Waals surface area contributed by atoms with E-state index in [0.717, 1.165) is 11.1 Å². The first kappa shape index (κ1) is 105. The summed E-state index contributed by atoms with van der Waals surface area (Å²) in [6.45, 7) is -7.98. The molecule has 41 heteroatoms. The van der Waals surface area contributed by atoms with Gasteiger partial charge in [-0.2, -0.15) is 9.59 Å². The Labute approximate surface area is 685 Å². The fourth-order valence-electron chi connectivity index (χ4n) is 11.0. The third-order valence-corrected chi connectivity index (χ3v) is 16.8. The van der Waals surface area contributed by atoms with Crippen molar-refractivity contribution in [1.29, 1.82) is 0 Å².